The summed E-state index contributed by atoms with van der Waals surface area (Å²) in [6.45, 7) is 2.84. The van der Waals surface area contributed by atoms with Gasteiger partial charge in [0.15, 0.2) is 5.96 Å². The molecule has 1 aliphatic rings. The van der Waals surface area contributed by atoms with Crippen LogP contribution in [0.25, 0.3) is 0 Å². The lowest BCUT2D eigenvalue weighted by molar-refractivity contribution is 0.260. The van der Waals surface area contributed by atoms with Gasteiger partial charge in [0, 0.05) is 45.8 Å². The van der Waals surface area contributed by atoms with Gasteiger partial charge >= 0.3 is 0 Å². The van der Waals surface area contributed by atoms with Crippen LogP contribution in [0.1, 0.15) is 11.3 Å². The molecular weight excluding hydrogens is 493 g/mol. The second-order valence-corrected chi connectivity index (χ2v) is 8.31. The van der Waals surface area contributed by atoms with Crippen LogP contribution in [0.5, 0.6) is 0 Å². The summed E-state index contributed by atoms with van der Waals surface area (Å²) in [5, 5.41) is 7.05. The molecule has 2 aromatic rings. The zero-order chi connectivity index (χ0) is 19.1. The summed E-state index contributed by atoms with van der Waals surface area (Å²) in [6, 6.07) is 11.8. The molecular formula is C18H26IN5O3S. The molecule has 1 saturated heterocycles. The van der Waals surface area contributed by atoms with E-state index < -0.39 is 10.0 Å². The maximum absolute atomic E-state index is 12.5. The lowest BCUT2D eigenvalue weighted by Crippen LogP contribution is -2.54. The fraction of sp³-hybridized carbons (Fsp3) is 0.444. The number of benzene rings is 1. The molecule has 1 aromatic heterocycles. The molecule has 28 heavy (non-hydrogen) atoms. The van der Waals surface area contributed by atoms with Crippen molar-refractivity contribution in [2.75, 3.05) is 39.8 Å². The second-order valence-electron chi connectivity index (χ2n) is 6.34. The van der Waals surface area contributed by atoms with Gasteiger partial charge in [-0.1, -0.05) is 35.5 Å². The normalized spacial score (nSPS) is 15.9. The van der Waals surface area contributed by atoms with E-state index in [1.54, 1.807) is 13.1 Å². The Balaban J connectivity index is 0.00000280. The molecule has 1 aliphatic heterocycles. The van der Waals surface area contributed by atoms with Crippen LogP contribution in [0.4, 0.5) is 0 Å². The Morgan fingerprint density at radius 2 is 1.89 bits per heavy atom. The molecule has 0 bridgehead atoms. The lowest BCUT2D eigenvalue weighted by atomic mass is 10.1. The molecule has 1 fully saturated rings. The highest BCUT2D eigenvalue weighted by molar-refractivity contribution is 14.0. The molecule has 1 N–H and O–H groups in total. The summed E-state index contributed by atoms with van der Waals surface area (Å²) in [5.41, 5.74) is 1.69. The predicted molar refractivity (Wildman–Crippen MR) is 119 cm³/mol. The Kier molecular flexibility index (Phi) is 8.70. The smallest absolute Gasteiger partial charge is 0.220 e. The monoisotopic (exact) mass is 519 g/mol. The molecule has 154 valence electrons. The molecule has 0 atom stereocenters. The summed E-state index contributed by atoms with van der Waals surface area (Å²) in [6.07, 6.45) is 2.29. The van der Waals surface area contributed by atoms with Crippen LogP contribution >= 0.6 is 24.0 Å². The van der Waals surface area contributed by atoms with E-state index in [1.807, 2.05) is 18.2 Å². The fourth-order valence-corrected chi connectivity index (χ4v) is 4.49. The number of guanidine groups is 1. The second kappa shape index (κ2) is 10.8. The van der Waals surface area contributed by atoms with Crippen molar-refractivity contribution >= 4 is 40.0 Å². The summed E-state index contributed by atoms with van der Waals surface area (Å²) < 4.78 is 31.2. The highest BCUT2D eigenvalue weighted by Crippen LogP contribution is 2.13. The van der Waals surface area contributed by atoms with Crippen LogP contribution in [-0.4, -0.2) is 68.5 Å². The Morgan fingerprint density at radius 3 is 2.50 bits per heavy atom. The maximum atomic E-state index is 12.5. The zero-order valence-electron chi connectivity index (χ0n) is 15.8. The quantitative estimate of drug-likeness (QED) is 0.354. The van der Waals surface area contributed by atoms with Gasteiger partial charge in [-0.05, 0) is 12.0 Å². The largest absolute Gasteiger partial charge is 0.364 e. The standard InChI is InChI=1S/C18H25N5O3S.HI/c1-19-18(20-9-7-16-5-3-2-4-6-16)22-10-12-23(13-11-22)27(24,25)15-17-8-14-26-21-17;/h2-6,8,14H,7,9-13,15H2,1H3,(H,19,20);1H. The van der Waals surface area contributed by atoms with E-state index in [0.717, 1.165) is 18.9 Å². The van der Waals surface area contributed by atoms with Gasteiger partial charge in [-0.15, -0.1) is 24.0 Å². The average molecular weight is 519 g/mol. The van der Waals surface area contributed by atoms with Gasteiger partial charge < -0.3 is 14.7 Å². The number of aromatic nitrogens is 1. The number of hydrogen-bond donors (Lipinski definition) is 1. The highest BCUT2D eigenvalue weighted by Gasteiger charge is 2.28. The number of halogens is 1. The molecule has 0 radical (unpaired) electrons. The zero-order valence-corrected chi connectivity index (χ0v) is 19.0. The molecule has 0 unspecified atom stereocenters. The van der Waals surface area contributed by atoms with Crippen LogP contribution in [-0.2, 0) is 22.2 Å². The van der Waals surface area contributed by atoms with E-state index in [4.69, 9.17) is 4.52 Å². The molecule has 2 heterocycles. The molecule has 3 rings (SSSR count). The van der Waals surface area contributed by atoms with Crippen LogP contribution < -0.4 is 5.32 Å². The van der Waals surface area contributed by atoms with Crippen molar-refractivity contribution in [1.29, 1.82) is 0 Å². The number of rotatable bonds is 6. The maximum Gasteiger partial charge on any atom is 0.220 e. The molecule has 10 heteroatoms. The van der Waals surface area contributed by atoms with Gasteiger partial charge in [0.2, 0.25) is 10.0 Å². The van der Waals surface area contributed by atoms with E-state index in [-0.39, 0.29) is 29.7 Å². The third kappa shape index (κ3) is 6.17. The van der Waals surface area contributed by atoms with Gasteiger partial charge in [0.25, 0.3) is 0 Å². The number of hydrogen-bond acceptors (Lipinski definition) is 5. The molecule has 0 spiro atoms. The van der Waals surface area contributed by atoms with Gasteiger partial charge in [0.1, 0.15) is 12.0 Å². The van der Waals surface area contributed by atoms with E-state index in [0.29, 0.717) is 31.9 Å². The third-order valence-electron chi connectivity index (χ3n) is 4.50. The molecule has 0 aliphatic carbocycles. The van der Waals surface area contributed by atoms with Crippen molar-refractivity contribution in [1.82, 2.24) is 19.7 Å². The molecule has 0 saturated carbocycles. The Labute approximate surface area is 183 Å². The Hall–Kier alpha value is -1.66. The average Bonchev–Trinajstić information content (AvgIpc) is 3.18. The van der Waals surface area contributed by atoms with E-state index in [1.165, 1.54) is 16.1 Å². The summed E-state index contributed by atoms with van der Waals surface area (Å²) in [5.74, 6) is 0.674. The van der Waals surface area contributed by atoms with Crippen LogP contribution in [0.3, 0.4) is 0 Å². The van der Waals surface area contributed by atoms with E-state index in [9.17, 15) is 8.42 Å². The predicted octanol–water partition coefficient (Wildman–Crippen LogP) is 1.56. The first-order chi connectivity index (χ1) is 13.1. The van der Waals surface area contributed by atoms with E-state index in [2.05, 4.69) is 32.5 Å². The first-order valence-corrected chi connectivity index (χ1v) is 10.6. The van der Waals surface area contributed by atoms with Gasteiger partial charge in [-0.2, -0.15) is 4.31 Å². The Morgan fingerprint density at radius 1 is 1.18 bits per heavy atom. The lowest BCUT2D eigenvalue weighted by Gasteiger charge is -2.35. The molecule has 1 aromatic carbocycles. The van der Waals surface area contributed by atoms with Crippen LogP contribution in [0.15, 0.2) is 52.2 Å². The summed E-state index contributed by atoms with van der Waals surface area (Å²) >= 11 is 0. The minimum Gasteiger partial charge on any atom is -0.364 e. The van der Waals surface area contributed by atoms with Crippen molar-refractivity contribution in [2.24, 2.45) is 4.99 Å². The van der Waals surface area contributed by atoms with Crippen molar-refractivity contribution in [3.8, 4) is 0 Å². The SMILES string of the molecule is CN=C(NCCc1ccccc1)N1CCN(S(=O)(=O)Cc2ccon2)CC1.I. The highest BCUT2D eigenvalue weighted by atomic mass is 127. The minimum absolute atomic E-state index is 0. The van der Waals surface area contributed by atoms with Gasteiger partial charge in [-0.3, -0.25) is 4.99 Å². The number of aliphatic imine (C=N–C) groups is 1. The first-order valence-electron chi connectivity index (χ1n) is 8.95. The number of sulfonamides is 1. The summed E-state index contributed by atoms with van der Waals surface area (Å²) in [7, 11) is -1.64. The Bertz CT molecular complexity index is 835. The van der Waals surface area contributed by atoms with E-state index >= 15 is 0 Å². The van der Waals surface area contributed by atoms with Crippen molar-refractivity contribution in [3.05, 3.63) is 53.9 Å². The number of nitrogens with zero attached hydrogens (tertiary/aromatic N) is 4. The number of piperazine rings is 1. The topological polar surface area (TPSA) is 91.0 Å². The summed E-state index contributed by atoms with van der Waals surface area (Å²) in [4.78, 5) is 6.42. The van der Waals surface area contributed by atoms with Crippen molar-refractivity contribution in [2.45, 2.75) is 12.2 Å². The molecule has 8 nitrogen and oxygen atoms in total. The molecule has 0 amide bonds. The van der Waals surface area contributed by atoms with Gasteiger partial charge in [-0.25, -0.2) is 8.42 Å². The fourth-order valence-electron chi connectivity index (χ4n) is 3.06. The number of nitrogens with one attached hydrogen (secondary N) is 1. The third-order valence-corrected chi connectivity index (χ3v) is 6.32. The van der Waals surface area contributed by atoms with Gasteiger partial charge in [0.05, 0.1) is 5.69 Å². The first kappa shape index (κ1) is 22.6. The van der Waals surface area contributed by atoms with Crippen LogP contribution in [0, 0.1) is 0 Å². The minimum atomic E-state index is -3.39. The van der Waals surface area contributed by atoms with Crippen molar-refractivity contribution < 1.29 is 12.9 Å². The van der Waals surface area contributed by atoms with Crippen LogP contribution in [0.2, 0.25) is 0 Å². The van der Waals surface area contributed by atoms with Crippen molar-refractivity contribution in [3.63, 3.8) is 0 Å².